The van der Waals surface area contributed by atoms with Gasteiger partial charge in [0.15, 0.2) is 11.6 Å². The van der Waals surface area contributed by atoms with Crippen molar-refractivity contribution in [2.45, 2.75) is 32.8 Å². The third kappa shape index (κ3) is 6.50. The number of hydrogen-bond donors (Lipinski definition) is 3. The summed E-state index contributed by atoms with van der Waals surface area (Å²) in [6, 6.07) is 1.51. The number of amides is 2. The molecule has 4 N–H and O–H groups in total. The molecule has 1 aromatic rings. The summed E-state index contributed by atoms with van der Waals surface area (Å²) in [5, 5.41) is 5.04. The van der Waals surface area contributed by atoms with Crippen molar-refractivity contribution in [2.75, 3.05) is 18.8 Å². The van der Waals surface area contributed by atoms with Crippen LogP contribution in [0, 0.1) is 11.6 Å². The fourth-order valence-electron chi connectivity index (χ4n) is 1.65. The van der Waals surface area contributed by atoms with Crippen LogP contribution in [-0.4, -0.2) is 30.7 Å². The molecule has 1 aromatic carbocycles. The van der Waals surface area contributed by atoms with E-state index in [2.05, 4.69) is 10.6 Å². The van der Waals surface area contributed by atoms with Gasteiger partial charge in [0, 0.05) is 24.8 Å². The summed E-state index contributed by atoms with van der Waals surface area (Å²) in [5.74, 6) is -2.87. The second-order valence-corrected chi connectivity index (χ2v) is 5.89. The zero-order valence-corrected chi connectivity index (χ0v) is 13.3. The van der Waals surface area contributed by atoms with E-state index < -0.39 is 29.2 Å². The Morgan fingerprint density at radius 3 is 2.30 bits per heavy atom. The smallest absolute Gasteiger partial charge is 0.407 e. The number of anilines is 1. The lowest BCUT2D eigenvalue weighted by molar-refractivity contribution is 0.0527. The number of carbonyl (C=O) groups is 2. The summed E-state index contributed by atoms with van der Waals surface area (Å²) in [6.45, 7) is 5.77. The molecule has 0 unspecified atom stereocenters. The minimum absolute atomic E-state index is 0.135. The number of nitrogens with one attached hydrogen (secondary N) is 2. The maximum Gasteiger partial charge on any atom is 0.407 e. The molecule has 1 rings (SSSR count). The Balaban J connectivity index is 2.35. The summed E-state index contributed by atoms with van der Waals surface area (Å²) in [6.07, 6.45) is -0.108. The van der Waals surface area contributed by atoms with Crippen molar-refractivity contribution in [2.24, 2.45) is 0 Å². The molecule has 0 radical (unpaired) electrons. The van der Waals surface area contributed by atoms with Crippen molar-refractivity contribution in [1.82, 2.24) is 10.6 Å². The third-order valence-electron chi connectivity index (χ3n) is 2.64. The van der Waals surface area contributed by atoms with Gasteiger partial charge < -0.3 is 21.1 Å². The van der Waals surface area contributed by atoms with E-state index in [1.54, 1.807) is 20.8 Å². The highest BCUT2D eigenvalue weighted by atomic mass is 19.2. The Labute approximate surface area is 133 Å². The number of ether oxygens (including phenoxy) is 1. The topological polar surface area (TPSA) is 93.5 Å². The fourth-order valence-corrected chi connectivity index (χ4v) is 1.65. The summed E-state index contributed by atoms with van der Waals surface area (Å²) in [5.41, 5.74) is 4.62. The first kappa shape index (κ1) is 18.7. The first-order chi connectivity index (χ1) is 10.6. The number of nitrogen functional groups attached to an aromatic ring is 1. The van der Waals surface area contributed by atoms with Gasteiger partial charge in [-0.2, -0.15) is 0 Å². The molecule has 0 saturated carbocycles. The molecule has 8 heteroatoms. The van der Waals surface area contributed by atoms with Gasteiger partial charge in [0.2, 0.25) is 0 Å². The lowest BCUT2D eigenvalue weighted by Crippen LogP contribution is -2.34. The van der Waals surface area contributed by atoms with E-state index in [0.717, 1.165) is 12.1 Å². The van der Waals surface area contributed by atoms with E-state index in [4.69, 9.17) is 10.5 Å². The first-order valence-electron chi connectivity index (χ1n) is 7.09. The number of nitrogens with two attached hydrogens (primary N) is 1. The number of halogens is 2. The average molecular weight is 329 g/mol. The van der Waals surface area contributed by atoms with Crippen molar-refractivity contribution in [3.8, 4) is 0 Å². The molecule has 23 heavy (non-hydrogen) atoms. The van der Waals surface area contributed by atoms with Crippen molar-refractivity contribution >= 4 is 17.7 Å². The number of hydrogen-bond acceptors (Lipinski definition) is 4. The molecule has 0 aromatic heterocycles. The van der Waals surface area contributed by atoms with E-state index in [1.165, 1.54) is 0 Å². The normalized spacial score (nSPS) is 11.0. The van der Waals surface area contributed by atoms with Crippen LogP contribution in [-0.2, 0) is 4.74 Å². The van der Waals surface area contributed by atoms with E-state index in [9.17, 15) is 18.4 Å². The Bertz CT molecular complexity index is 586. The second-order valence-electron chi connectivity index (χ2n) is 5.89. The molecule has 0 saturated heterocycles. The maximum atomic E-state index is 13.1. The van der Waals surface area contributed by atoms with Gasteiger partial charge >= 0.3 is 6.09 Å². The van der Waals surface area contributed by atoms with E-state index in [-0.39, 0.29) is 17.8 Å². The molecule has 0 aliphatic rings. The van der Waals surface area contributed by atoms with Gasteiger partial charge in [0.1, 0.15) is 5.60 Å². The Morgan fingerprint density at radius 2 is 1.70 bits per heavy atom. The number of rotatable bonds is 5. The van der Waals surface area contributed by atoms with Crippen LogP contribution >= 0.6 is 0 Å². The molecular formula is C15H21F2N3O3. The molecule has 0 aliphatic heterocycles. The quantitative estimate of drug-likeness (QED) is 0.570. The van der Waals surface area contributed by atoms with Crippen LogP contribution in [0.25, 0.3) is 0 Å². The van der Waals surface area contributed by atoms with E-state index in [1.807, 2.05) is 0 Å². The van der Waals surface area contributed by atoms with Gasteiger partial charge in [0.25, 0.3) is 5.91 Å². The zero-order valence-electron chi connectivity index (χ0n) is 13.3. The minimum Gasteiger partial charge on any atom is -0.444 e. The molecule has 2 amide bonds. The van der Waals surface area contributed by atoms with Crippen molar-refractivity contribution < 1.29 is 23.1 Å². The highest BCUT2D eigenvalue weighted by Gasteiger charge is 2.16. The predicted octanol–water partition coefficient (Wildman–Crippen LogP) is 2.19. The van der Waals surface area contributed by atoms with Crippen LogP contribution in [0.5, 0.6) is 0 Å². The van der Waals surface area contributed by atoms with Crippen molar-refractivity contribution in [1.29, 1.82) is 0 Å². The molecule has 0 atom stereocenters. The Morgan fingerprint density at radius 1 is 1.13 bits per heavy atom. The van der Waals surface area contributed by atoms with Crippen LogP contribution < -0.4 is 16.4 Å². The maximum absolute atomic E-state index is 13.1. The number of carbonyl (C=O) groups excluding carboxylic acids is 2. The second kappa shape index (κ2) is 7.75. The Hall–Kier alpha value is -2.38. The highest BCUT2D eigenvalue weighted by Crippen LogP contribution is 2.16. The summed E-state index contributed by atoms with van der Waals surface area (Å²) in [7, 11) is 0. The van der Waals surface area contributed by atoms with E-state index >= 15 is 0 Å². The molecule has 0 aliphatic carbocycles. The van der Waals surface area contributed by atoms with Crippen molar-refractivity contribution in [3.63, 3.8) is 0 Å². The van der Waals surface area contributed by atoms with Crippen LogP contribution in [0.3, 0.4) is 0 Å². The van der Waals surface area contributed by atoms with Crippen LogP contribution in [0.2, 0.25) is 0 Å². The fraction of sp³-hybridized carbons (Fsp3) is 0.467. The van der Waals surface area contributed by atoms with Gasteiger partial charge in [-0.1, -0.05) is 0 Å². The summed E-state index contributed by atoms with van der Waals surface area (Å²) < 4.78 is 31.1. The number of alkyl carbamates (subject to hydrolysis) is 1. The van der Waals surface area contributed by atoms with Gasteiger partial charge in [0.05, 0.1) is 5.56 Å². The van der Waals surface area contributed by atoms with Gasteiger partial charge in [-0.15, -0.1) is 0 Å². The lowest BCUT2D eigenvalue weighted by atomic mass is 10.1. The van der Waals surface area contributed by atoms with Crippen LogP contribution in [0.4, 0.5) is 19.3 Å². The van der Waals surface area contributed by atoms with E-state index in [0.29, 0.717) is 13.0 Å². The molecule has 6 nitrogen and oxygen atoms in total. The SMILES string of the molecule is CC(C)(C)OC(=O)NCCCNC(=O)c1cc(F)c(F)cc1N. The molecule has 0 bridgehead atoms. The van der Waals surface area contributed by atoms with Gasteiger partial charge in [-0.05, 0) is 33.3 Å². The van der Waals surface area contributed by atoms with Crippen LogP contribution in [0.15, 0.2) is 12.1 Å². The predicted molar refractivity (Wildman–Crippen MR) is 82.0 cm³/mol. The van der Waals surface area contributed by atoms with Crippen LogP contribution in [0.1, 0.15) is 37.6 Å². The first-order valence-corrected chi connectivity index (χ1v) is 7.09. The standard InChI is InChI=1S/C15H21F2N3O3/c1-15(2,3)23-14(22)20-6-4-5-19-13(21)9-7-10(16)11(17)8-12(9)18/h7-8H,4-6,18H2,1-3H3,(H,19,21)(H,20,22). The Kier molecular flexibility index (Phi) is 6.29. The minimum atomic E-state index is -1.14. The average Bonchev–Trinajstić information content (AvgIpc) is 2.40. The third-order valence-corrected chi connectivity index (χ3v) is 2.64. The summed E-state index contributed by atoms with van der Waals surface area (Å²) in [4.78, 5) is 23.2. The molecule has 0 heterocycles. The molecule has 0 fully saturated rings. The largest absolute Gasteiger partial charge is 0.444 e. The molecule has 0 spiro atoms. The van der Waals surface area contributed by atoms with Gasteiger partial charge in [-0.25, -0.2) is 13.6 Å². The zero-order chi connectivity index (χ0) is 17.6. The lowest BCUT2D eigenvalue weighted by Gasteiger charge is -2.19. The molecule has 128 valence electrons. The molecular weight excluding hydrogens is 308 g/mol. The monoisotopic (exact) mass is 329 g/mol. The van der Waals surface area contributed by atoms with Gasteiger partial charge in [-0.3, -0.25) is 4.79 Å². The summed E-state index contributed by atoms with van der Waals surface area (Å²) >= 11 is 0. The van der Waals surface area contributed by atoms with Crippen molar-refractivity contribution in [3.05, 3.63) is 29.3 Å². The number of benzene rings is 1. The highest BCUT2D eigenvalue weighted by molar-refractivity contribution is 5.99.